The molecule has 0 saturated carbocycles. The monoisotopic (exact) mass is 513 g/mol. The molecule has 0 aliphatic carbocycles. The molecule has 0 N–H and O–H groups in total. The molecule has 3 fully saturated rings. The van der Waals surface area contributed by atoms with Crippen molar-refractivity contribution in [2.75, 3.05) is 40.6 Å². The molecule has 36 heavy (non-hydrogen) atoms. The summed E-state index contributed by atoms with van der Waals surface area (Å²) < 4.78 is 38.1. The first kappa shape index (κ1) is 30.3. The van der Waals surface area contributed by atoms with Crippen molar-refractivity contribution in [1.82, 2.24) is 4.90 Å². The van der Waals surface area contributed by atoms with Gasteiger partial charge >= 0.3 is 0 Å². The molecule has 0 radical (unpaired) electrons. The van der Waals surface area contributed by atoms with Gasteiger partial charge in [-0.05, 0) is 70.5 Å². The van der Waals surface area contributed by atoms with Crippen molar-refractivity contribution in [1.29, 1.82) is 0 Å². The average molecular weight is 514 g/mol. The van der Waals surface area contributed by atoms with Crippen molar-refractivity contribution in [3.63, 3.8) is 0 Å². The van der Waals surface area contributed by atoms with Crippen LogP contribution in [0.5, 0.6) is 0 Å². The number of rotatable bonds is 12. The number of nitrogens with zero attached hydrogens (tertiary/aromatic N) is 1. The minimum absolute atomic E-state index is 0.140. The van der Waals surface area contributed by atoms with Crippen LogP contribution in [0.2, 0.25) is 0 Å². The molecule has 0 spiro atoms. The number of unbranched alkanes of at least 4 members (excludes halogenated alkanes) is 2. The van der Waals surface area contributed by atoms with Crippen LogP contribution in [0.15, 0.2) is 0 Å². The topological polar surface area (TPSA) is 58.6 Å². The maximum absolute atomic E-state index is 6.86. The fourth-order valence-corrected chi connectivity index (χ4v) is 6.18. The van der Waals surface area contributed by atoms with Crippen molar-refractivity contribution in [3.8, 4) is 0 Å². The average Bonchev–Trinajstić information content (AvgIpc) is 3.37. The minimum atomic E-state index is -0.655. The Kier molecular flexibility index (Phi) is 11.5. The fourth-order valence-electron chi connectivity index (χ4n) is 6.18. The molecule has 0 aromatic rings. The van der Waals surface area contributed by atoms with Crippen LogP contribution in [0.4, 0.5) is 0 Å². The second kappa shape index (κ2) is 13.7. The summed E-state index contributed by atoms with van der Waals surface area (Å²) in [6, 6.07) is 0. The van der Waals surface area contributed by atoms with E-state index in [9.17, 15) is 0 Å². The summed E-state index contributed by atoms with van der Waals surface area (Å²) in [5.74, 6) is 1.41. The van der Waals surface area contributed by atoms with Gasteiger partial charge in [0.1, 0.15) is 19.0 Å². The lowest BCUT2D eigenvalue weighted by atomic mass is 9.75. The van der Waals surface area contributed by atoms with Crippen LogP contribution in [0, 0.1) is 29.6 Å². The first-order valence-electron chi connectivity index (χ1n) is 14.5. The van der Waals surface area contributed by atoms with E-state index < -0.39 is 5.79 Å². The van der Waals surface area contributed by atoms with Gasteiger partial charge < -0.3 is 33.3 Å². The first-order valence-corrected chi connectivity index (χ1v) is 14.5. The van der Waals surface area contributed by atoms with Gasteiger partial charge in [0, 0.05) is 12.3 Å². The van der Waals surface area contributed by atoms with Gasteiger partial charge in [0.05, 0.1) is 25.4 Å². The van der Waals surface area contributed by atoms with Crippen LogP contribution in [0.25, 0.3) is 0 Å². The molecule has 0 aromatic carbocycles. The quantitative estimate of drug-likeness (QED) is 0.328. The summed E-state index contributed by atoms with van der Waals surface area (Å²) in [4.78, 5) is 2.23. The summed E-state index contributed by atoms with van der Waals surface area (Å²) in [5.41, 5.74) is 0. The Bertz CT molecular complexity index is 643. The summed E-state index contributed by atoms with van der Waals surface area (Å²) in [6.07, 6.45) is 4.65. The second-order valence-corrected chi connectivity index (χ2v) is 12.3. The third-order valence-corrected chi connectivity index (χ3v) is 9.03. The highest BCUT2D eigenvalue weighted by Gasteiger charge is 2.51. The zero-order valence-electron chi connectivity index (χ0n) is 24.5. The van der Waals surface area contributed by atoms with E-state index in [2.05, 4.69) is 67.5 Å². The highest BCUT2D eigenvalue weighted by molar-refractivity contribution is 4.94. The van der Waals surface area contributed by atoms with Gasteiger partial charge in [0.25, 0.3) is 0 Å². The summed E-state index contributed by atoms with van der Waals surface area (Å²) in [5, 5.41) is 0. The summed E-state index contributed by atoms with van der Waals surface area (Å²) >= 11 is 0. The van der Waals surface area contributed by atoms with Crippen LogP contribution < -0.4 is 0 Å². The van der Waals surface area contributed by atoms with Gasteiger partial charge in [-0.15, -0.1) is 0 Å². The lowest BCUT2D eigenvalue weighted by molar-refractivity contribution is -0.351. The third-order valence-electron chi connectivity index (χ3n) is 9.03. The Morgan fingerprint density at radius 2 is 1.78 bits per heavy atom. The predicted molar refractivity (Wildman–Crippen MR) is 142 cm³/mol. The van der Waals surface area contributed by atoms with Crippen molar-refractivity contribution in [2.24, 2.45) is 29.6 Å². The molecule has 3 aliphatic rings. The zero-order valence-corrected chi connectivity index (χ0v) is 24.5. The lowest BCUT2D eigenvalue weighted by Crippen LogP contribution is -2.59. The van der Waals surface area contributed by atoms with E-state index in [1.54, 1.807) is 0 Å². The van der Waals surface area contributed by atoms with Gasteiger partial charge in [-0.1, -0.05) is 48.0 Å². The lowest BCUT2D eigenvalue weighted by Gasteiger charge is -2.51. The van der Waals surface area contributed by atoms with Crippen molar-refractivity contribution < 1.29 is 28.4 Å². The van der Waals surface area contributed by atoms with Gasteiger partial charge in [0.15, 0.2) is 12.1 Å². The molecular formula is C29H55NO6. The Hall–Kier alpha value is -0.280. The molecule has 0 bridgehead atoms. The molecule has 7 heteroatoms. The normalized spacial score (nSPS) is 42.7. The highest BCUT2D eigenvalue weighted by atomic mass is 16.8. The van der Waals surface area contributed by atoms with Crippen LogP contribution >= 0.6 is 0 Å². The second-order valence-electron chi connectivity index (χ2n) is 12.3. The van der Waals surface area contributed by atoms with E-state index in [1.165, 1.54) is 6.42 Å². The molecule has 11 atom stereocenters. The summed E-state index contributed by atoms with van der Waals surface area (Å²) in [7, 11) is 4.24. The van der Waals surface area contributed by atoms with Crippen molar-refractivity contribution >= 4 is 0 Å². The van der Waals surface area contributed by atoms with E-state index in [0.29, 0.717) is 43.7 Å². The SMILES string of the molecule is CC[C@H](C)C1O[C@H](O[C@H]2C([C@H]3COCO3)O[C@](C)(OCCCCCN(C)C)C[C@H]2C)C(C)[C@@H](C)[C@@H]1C. The zero-order chi connectivity index (χ0) is 26.5. The molecule has 3 saturated heterocycles. The van der Waals surface area contributed by atoms with Gasteiger partial charge in [-0.25, -0.2) is 0 Å². The van der Waals surface area contributed by atoms with Crippen molar-refractivity contribution in [3.05, 3.63) is 0 Å². The predicted octanol–water partition coefficient (Wildman–Crippen LogP) is 5.31. The fraction of sp³-hybridized carbons (Fsp3) is 1.00. The Labute approximate surface area is 220 Å². The van der Waals surface area contributed by atoms with E-state index in [4.69, 9.17) is 28.4 Å². The molecule has 3 rings (SSSR count). The molecule has 0 amide bonds. The smallest absolute Gasteiger partial charge is 0.166 e. The van der Waals surface area contributed by atoms with Crippen molar-refractivity contribution in [2.45, 2.75) is 117 Å². The summed E-state index contributed by atoms with van der Waals surface area (Å²) in [6.45, 7) is 18.4. The van der Waals surface area contributed by atoms with Gasteiger partial charge in [-0.3, -0.25) is 0 Å². The maximum atomic E-state index is 6.86. The molecular weight excluding hydrogens is 458 g/mol. The standard InChI is InChI=1S/C29H55NO6/c1-10-19(2)25-22(5)21(4)23(6)28(34-25)35-26-20(3)16-29(7,33-15-13-11-12-14-30(8)9)36-27(26)24-17-31-18-32-24/h19-28H,10-18H2,1-9H3/t19-,20+,21-,22-,23?,24+,25?,26+,27?,28+,29-/m0/s1. The van der Waals surface area contributed by atoms with Gasteiger partial charge in [0.2, 0.25) is 0 Å². The Balaban J connectivity index is 1.66. The first-order chi connectivity index (χ1) is 17.1. The Morgan fingerprint density at radius 3 is 2.42 bits per heavy atom. The maximum Gasteiger partial charge on any atom is 0.166 e. The largest absolute Gasteiger partial charge is 0.353 e. The molecule has 3 aliphatic heterocycles. The molecule has 3 unspecified atom stereocenters. The molecule has 0 aromatic heterocycles. The van der Waals surface area contributed by atoms with E-state index in [1.807, 2.05) is 0 Å². The highest BCUT2D eigenvalue weighted by Crippen LogP contribution is 2.43. The number of ether oxygens (including phenoxy) is 6. The van der Waals surface area contributed by atoms with E-state index in [-0.39, 0.29) is 36.6 Å². The molecule has 7 nitrogen and oxygen atoms in total. The van der Waals surface area contributed by atoms with E-state index >= 15 is 0 Å². The number of hydrogen-bond acceptors (Lipinski definition) is 7. The van der Waals surface area contributed by atoms with E-state index in [0.717, 1.165) is 32.2 Å². The minimum Gasteiger partial charge on any atom is -0.353 e. The Morgan fingerprint density at radius 1 is 1.03 bits per heavy atom. The molecule has 3 heterocycles. The third kappa shape index (κ3) is 7.64. The number of hydrogen-bond donors (Lipinski definition) is 0. The van der Waals surface area contributed by atoms with Crippen LogP contribution in [0.3, 0.4) is 0 Å². The van der Waals surface area contributed by atoms with Crippen LogP contribution in [0.1, 0.15) is 80.6 Å². The van der Waals surface area contributed by atoms with Gasteiger partial charge in [-0.2, -0.15) is 0 Å². The van der Waals surface area contributed by atoms with Crippen LogP contribution in [-0.2, 0) is 28.4 Å². The van der Waals surface area contributed by atoms with Crippen LogP contribution in [-0.4, -0.2) is 82.0 Å². The molecule has 212 valence electrons.